The molecule has 0 aromatic heterocycles. The fourth-order valence-electron chi connectivity index (χ4n) is 9.57. The number of fused-ring (bicyclic) bond motifs is 8. The molecule has 0 aliphatic carbocycles. The highest BCUT2D eigenvalue weighted by atomic mass is 19.4. The molecule has 11 rings (SSSR count). The van der Waals surface area contributed by atoms with Crippen molar-refractivity contribution in [3.63, 3.8) is 0 Å². The van der Waals surface area contributed by atoms with E-state index in [4.69, 9.17) is 4.74 Å². The molecule has 6 heteroatoms. The number of hydrogen-bond acceptors (Lipinski definition) is 3. The minimum Gasteiger partial charge on any atom is -0.406 e. The quantitative estimate of drug-likeness (QED) is 0.166. The first kappa shape index (κ1) is 37.2. The van der Waals surface area contributed by atoms with E-state index in [1.807, 2.05) is 72.8 Å². The van der Waals surface area contributed by atoms with Crippen molar-refractivity contribution in [2.75, 3.05) is 9.80 Å². The highest BCUT2D eigenvalue weighted by Gasteiger charge is 2.52. The van der Waals surface area contributed by atoms with Crippen LogP contribution in [0.15, 0.2) is 224 Å². The second-order valence-corrected chi connectivity index (χ2v) is 15.6. The lowest BCUT2D eigenvalue weighted by atomic mass is 9.60. The molecule has 0 N–H and O–H groups in total. The normalized spacial score (nSPS) is 13.5. The number of ether oxygens (including phenoxy) is 1. The smallest absolute Gasteiger partial charge is 0.406 e. The molecule has 3 nitrogen and oxygen atoms in total. The number of halogens is 3. The van der Waals surface area contributed by atoms with Crippen molar-refractivity contribution in [2.45, 2.75) is 11.8 Å². The van der Waals surface area contributed by atoms with E-state index in [2.05, 4.69) is 143 Å². The second kappa shape index (κ2) is 14.7. The van der Waals surface area contributed by atoms with E-state index in [1.54, 1.807) is 12.1 Å². The molecule has 2 aliphatic rings. The lowest BCUT2D eigenvalue weighted by molar-refractivity contribution is -0.274. The van der Waals surface area contributed by atoms with Gasteiger partial charge in [-0.3, -0.25) is 0 Å². The van der Waals surface area contributed by atoms with Crippen LogP contribution in [-0.4, -0.2) is 6.36 Å². The Bertz CT molecular complexity index is 3030. The molecule has 1 spiro atoms. The van der Waals surface area contributed by atoms with E-state index in [0.717, 1.165) is 78.6 Å². The number of rotatable bonds is 6. The van der Waals surface area contributed by atoms with E-state index >= 15 is 0 Å². The summed E-state index contributed by atoms with van der Waals surface area (Å²) in [6.45, 7) is 0. The molecule has 0 unspecified atom stereocenters. The summed E-state index contributed by atoms with van der Waals surface area (Å²) in [5.74, 6) is -0.279. The van der Waals surface area contributed by atoms with Crippen molar-refractivity contribution in [2.24, 2.45) is 0 Å². The third-order valence-electron chi connectivity index (χ3n) is 12.2. The fourth-order valence-corrected chi connectivity index (χ4v) is 9.57. The Balaban J connectivity index is 1.08. The van der Waals surface area contributed by atoms with Gasteiger partial charge in [0.15, 0.2) is 0 Å². The predicted molar refractivity (Wildman–Crippen MR) is 244 cm³/mol. The van der Waals surface area contributed by atoms with Crippen LogP contribution in [0.25, 0.3) is 33.4 Å². The van der Waals surface area contributed by atoms with E-state index in [1.165, 1.54) is 11.6 Å². The molecule has 298 valence electrons. The predicted octanol–water partition coefficient (Wildman–Crippen LogP) is 15.5. The van der Waals surface area contributed by atoms with Gasteiger partial charge < -0.3 is 14.5 Å². The zero-order valence-electron chi connectivity index (χ0n) is 33.3. The summed E-state index contributed by atoms with van der Waals surface area (Å²) >= 11 is 0. The van der Waals surface area contributed by atoms with Gasteiger partial charge in [-0.15, -0.1) is 13.2 Å². The zero-order chi connectivity index (χ0) is 41.8. The maximum Gasteiger partial charge on any atom is 0.573 e. The molecular weight excluding hydrogens is 774 g/mol. The van der Waals surface area contributed by atoms with Crippen LogP contribution < -0.4 is 14.5 Å². The Morgan fingerprint density at radius 3 is 1.03 bits per heavy atom. The number of alkyl halides is 3. The van der Waals surface area contributed by atoms with Crippen LogP contribution in [0.2, 0.25) is 0 Å². The molecule has 0 saturated carbocycles. The Morgan fingerprint density at radius 2 is 0.645 bits per heavy atom. The van der Waals surface area contributed by atoms with Gasteiger partial charge in [-0.25, -0.2) is 0 Å². The summed E-state index contributed by atoms with van der Waals surface area (Å²) in [6.07, 6.45) is -4.88. The van der Waals surface area contributed by atoms with Crippen LogP contribution in [-0.2, 0) is 5.41 Å². The number of anilines is 6. The summed E-state index contributed by atoms with van der Waals surface area (Å²) in [4.78, 5) is 4.43. The molecule has 2 heterocycles. The monoisotopic (exact) mass is 810 g/mol. The van der Waals surface area contributed by atoms with Crippen molar-refractivity contribution < 1.29 is 17.9 Å². The maximum atomic E-state index is 14.1. The average molecular weight is 811 g/mol. The van der Waals surface area contributed by atoms with Crippen molar-refractivity contribution in [1.82, 2.24) is 0 Å². The summed E-state index contributed by atoms with van der Waals surface area (Å²) < 4.78 is 46.9. The van der Waals surface area contributed by atoms with Crippen LogP contribution in [0.1, 0.15) is 22.3 Å². The van der Waals surface area contributed by atoms with Gasteiger partial charge in [0.25, 0.3) is 0 Å². The Hall–Kier alpha value is -7.83. The topological polar surface area (TPSA) is 15.7 Å². The van der Waals surface area contributed by atoms with Crippen molar-refractivity contribution in [1.29, 1.82) is 0 Å². The van der Waals surface area contributed by atoms with Crippen LogP contribution in [0.4, 0.5) is 47.3 Å². The highest BCUT2D eigenvalue weighted by Crippen LogP contribution is 2.64. The standard InChI is InChI=1S/C56H37F3N2O/c57-56(58,59)62-46-35-36-54-50(37-46)55(49-19-9-12-22-53(49)61(54)45-31-27-42(28-32-45)39-15-5-2-6-16-39)47-17-7-10-20-51(47)60(52-21-11-8-18-48(52)55)44-33-29-43(30-34-44)41-25-23-40(24-26-41)38-13-3-1-4-14-38/h1-37H. The molecule has 0 amide bonds. The Kier molecular flexibility index (Phi) is 8.83. The minimum atomic E-state index is -4.88. The minimum absolute atomic E-state index is 0.279. The second-order valence-electron chi connectivity index (χ2n) is 15.6. The maximum absolute atomic E-state index is 14.1. The molecule has 0 atom stereocenters. The number of hydrogen-bond donors (Lipinski definition) is 0. The molecule has 9 aromatic carbocycles. The lowest BCUT2D eigenvalue weighted by Gasteiger charge is -2.51. The van der Waals surface area contributed by atoms with Crippen molar-refractivity contribution in [3.8, 4) is 39.1 Å². The van der Waals surface area contributed by atoms with Crippen LogP contribution in [0.5, 0.6) is 5.75 Å². The third-order valence-corrected chi connectivity index (χ3v) is 12.2. The van der Waals surface area contributed by atoms with Crippen molar-refractivity contribution in [3.05, 3.63) is 247 Å². The molecule has 2 aliphatic heterocycles. The van der Waals surface area contributed by atoms with Crippen LogP contribution in [0, 0.1) is 0 Å². The summed E-state index contributed by atoms with van der Waals surface area (Å²) in [7, 11) is 0. The van der Waals surface area contributed by atoms with E-state index in [-0.39, 0.29) is 5.75 Å². The zero-order valence-corrected chi connectivity index (χ0v) is 33.3. The molecule has 9 aromatic rings. The van der Waals surface area contributed by atoms with Gasteiger partial charge in [-0.1, -0.05) is 164 Å². The lowest BCUT2D eigenvalue weighted by Crippen LogP contribution is -2.42. The van der Waals surface area contributed by atoms with E-state index < -0.39 is 11.8 Å². The molecule has 0 fully saturated rings. The SMILES string of the molecule is FC(F)(F)Oc1ccc2c(c1)C1(c3ccccc3N(c3ccc(-c4ccc(-c5ccccc5)cc4)cc3)c3ccccc31)c1ccccc1N2c1ccc(-c2ccccc2)cc1. The summed E-state index contributed by atoms with van der Waals surface area (Å²) in [5, 5.41) is 0. The van der Waals surface area contributed by atoms with Gasteiger partial charge in [0, 0.05) is 11.4 Å². The van der Waals surface area contributed by atoms with Crippen LogP contribution in [0.3, 0.4) is 0 Å². The van der Waals surface area contributed by atoms with E-state index in [0.29, 0.717) is 5.56 Å². The Morgan fingerprint density at radius 1 is 0.323 bits per heavy atom. The largest absolute Gasteiger partial charge is 0.573 e. The van der Waals surface area contributed by atoms with Gasteiger partial charge in [0.05, 0.1) is 28.2 Å². The van der Waals surface area contributed by atoms with Crippen LogP contribution >= 0.6 is 0 Å². The molecule has 0 radical (unpaired) electrons. The third kappa shape index (κ3) is 6.14. The Labute approximate surface area is 358 Å². The summed E-state index contributed by atoms with van der Waals surface area (Å²) in [6, 6.07) is 75.6. The van der Waals surface area contributed by atoms with Gasteiger partial charge in [-0.2, -0.15) is 0 Å². The van der Waals surface area contributed by atoms with Gasteiger partial charge in [0.2, 0.25) is 0 Å². The van der Waals surface area contributed by atoms with Gasteiger partial charge >= 0.3 is 6.36 Å². The van der Waals surface area contributed by atoms with Gasteiger partial charge in [0.1, 0.15) is 5.75 Å². The first-order valence-electron chi connectivity index (χ1n) is 20.6. The summed E-state index contributed by atoms with van der Waals surface area (Å²) in [5.41, 5.74) is 14.5. The molecular formula is C56H37F3N2O. The fraction of sp³-hybridized carbons (Fsp3) is 0.0357. The number of nitrogens with zero attached hydrogens (tertiary/aromatic N) is 2. The highest BCUT2D eigenvalue weighted by molar-refractivity contribution is 5.97. The van der Waals surface area contributed by atoms with Gasteiger partial charge in [-0.05, 0) is 116 Å². The average Bonchev–Trinajstić information content (AvgIpc) is 3.32. The first-order chi connectivity index (χ1) is 30.4. The van der Waals surface area contributed by atoms with E-state index in [9.17, 15) is 13.2 Å². The van der Waals surface area contributed by atoms with Crippen molar-refractivity contribution >= 4 is 34.1 Å². The molecule has 0 bridgehead atoms. The number of benzene rings is 9. The first-order valence-corrected chi connectivity index (χ1v) is 20.6. The molecule has 62 heavy (non-hydrogen) atoms. The number of para-hydroxylation sites is 3. The molecule has 0 saturated heterocycles.